The number of carbonyl (C=O) groups excluding carboxylic acids is 1. The first-order valence-electron chi connectivity index (χ1n) is 6.80. The third-order valence-corrected chi connectivity index (χ3v) is 5.26. The van der Waals surface area contributed by atoms with Gasteiger partial charge >= 0.3 is 0 Å². The highest BCUT2D eigenvalue weighted by atomic mass is 32.2. The molecular formula is C15H13N3O2S3. The molecule has 0 unspecified atom stereocenters. The maximum absolute atomic E-state index is 11.8. The van der Waals surface area contributed by atoms with Crippen LogP contribution in [0.4, 0.5) is 0 Å². The van der Waals surface area contributed by atoms with E-state index in [1.165, 1.54) is 23.1 Å². The number of nitrogens with one attached hydrogen (secondary N) is 1. The number of carbonyl (C=O) groups is 1. The Morgan fingerprint density at radius 3 is 2.87 bits per heavy atom. The fourth-order valence-electron chi connectivity index (χ4n) is 1.83. The molecule has 23 heavy (non-hydrogen) atoms. The molecule has 0 bridgehead atoms. The highest BCUT2D eigenvalue weighted by Crippen LogP contribution is 2.23. The van der Waals surface area contributed by atoms with E-state index in [1.807, 2.05) is 36.4 Å². The Labute approximate surface area is 146 Å². The maximum atomic E-state index is 11.8. The summed E-state index contributed by atoms with van der Waals surface area (Å²) in [5, 5.41) is 7.26. The van der Waals surface area contributed by atoms with Gasteiger partial charge in [-0.2, -0.15) is 0 Å². The molecule has 0 saturated carbocycles. The fraction of sp³-hybridized carbons (Fsp3) is 0.133. The van der Waals surface area contributed by atoms with E-state index < -0.39 is 0 Å². The Balaban J connectivity index is 1.56. The number of aromatic nitrogens is 2. The van der Waals surface area contributed by atoms with Crippen LogP contribution < -0.4 is 5.32 Å². The molecule has 0 saturated heterocycles. The van der Waals surface area contributed by atoms with Crippen LogP contribution in [0, 0.1) is 3.95 Å². The molecule has 0 aliphatic heterocycles. The number of rotatable bonds is 6. The van der Waals surface area contributed by atoms with E-state index in [2.05, 4.69) is 10.4 Å². The lowest BCUT2D eigenvalue weighted by Gasteiger charge is -2.01. The van der Waals surface area contributed by atoms with E-state index >= 15 is 0 Å². The van der Waals surface area contributed by atoms with Crippen molar-refractivity contribution in [1.29, 1.82) is 0 Å². The monoisotopic (exact) mass is 363 g/mol. The van der Waals surface area contributed by atoms with Crippen molar-refractivity contribution in [2.75, 3.05) is 5.75 Å². The van der Waals surface area contributed by atoms with E-state index in [4.69, 9.17) is 16.6 Å². The summed E-state index contributed by atoms with van der Waals surface area (Å²) < 4.78 is 8.31. The third kappa shape index (κ3) is 4.31. The maximum Gasteiger partial charge on any atom is 0.230 e. The van der Waals surface area contributed by atoms with Crippen molar-refractivity contribution in [3.8, 4) is 5.69 Å². The number of hydrogen-bond donors (Lipinski definition) is 1. The van der Waals surface area contributed by atoms with Gasteiger partial charge in [-0.15, -0.1) is 5.10 Å². The van der Waals surface area contributed by atoms with Crippen LogP contribution >= 0.6 is 35.3 Å². The highest BCUT2D eigenvalue weighted by Gasteiger charge is 2.09. The molecule has 0 aliphatic rings. The zero-order valence-electron chi connectivity index (χ0n) is 12.0. The predicted molar refractivity (Wildman–Crippen MR) is 93.6 cm³/mol. The smallest absolute Gasteiger partial charge is 0.230 e. The summed E-state index contributed by atoms with van der Waals surface area (Å²) in [6.45, 7) is 0.389. The van der Waals surface area contributed by atoms with Gasteiger partial charge in [-0.1, -0.05) is 41.3 Å². The standard InChI is InChI=1S/C15H13N3O2S3/c19-13(16-9-12-7-4-8-20-12)10-22-14-17-18(15(21)23-14)11-5-2-1-3-6-11/h1-8H,9-10H2,(H,16,19). The average Bonchev–Trinajstić information content (AvgIpc) is 3.21. The van der Waals surface area contributed by atoms with E-state index in [-0.39, 0.29) is 11.7 Å². The molecule has 0 fully saturated rings. The predicted octanol–water partition coefficient (Wildman–Crippen LogP) is 3.66. The van der Waals surface area contributed by atoms with E-state index in [1.54, 1.807) is 17.0 Å². The second-order valence-corrected chi connectivity index (χ2v) is 7.37. The molecule has 118 valence electrons. The molecule has 2 aromatic heterocycles. The van der Waals surface area contributed by atoms with Crippen molar-refractivity contribution in [3.05, 3.63) is 58.4 Å². The van der Waals surface area contributed by atoms with Crippen molar-refractivity contribution >= 4 is 41.2 Å². The van der Waals surface area contributed by atoms with Crippen molar-refractivity contribution in [1.82, 2.24) is 15.1 Å². The average molecular weight is 363 g/mol. The summed E-state index contributed by atoms with van der Waals surface area (Å²) in [6.07, 6.45) is 1.58. The van der Waals surface area contributed by atoms with Crippen molar-refractivity contribution in [3.63, 3.8) is 0 Å². The Hall–Kier alpha value is -1.90. The van der Waals surface area contributed by atoms with Crippen LogP contribution in [-0.4, -0.2) is 21.4 Å². The van der Waals surface area contributed by atoms with E-state index in [9.17, 15) is 4.79 Å². The van der Waals surface area contributed by atoms with Gasteiger partial charge in [0.05, 0.1) is 24.2 Å². The topological polar surface area (TPSA) is 60.1 Å². The Morgan fingerprint density at radius 1 is 1.30 bits per heavy atom. The van der Waals surface area contributed by atoms with Gasteiger partial charge in [0, 0.05) is 0 Å². The number of nitrogens with zero attached hydrogens (tertiary/aromatic N) is 2. The lowest BCUT2D eigenvalue weighted by Crippen LogP contribution is -2.24. The molecule has 0 atom stereocenters. The summed E-state index contributed by atoms with van der Waals surface area (Å²) in [5.74, 6) is 0.948. The molecule has 0 radical (unpaired) electrons. The Kier molecular flexibility index (Phi) is 5.27. The minimum absolute atomic E-state index is 0.0706. The number of amides is 1. The number of thioether (sulfide) groups is 1. The minimum atomic E-state index is -0.0706. The van der Waals surface area contributed by atoms with Crippen LogP contribution in [0.5, 0.6) is 0 Å². The molecular weight excluding hydrogens is 350 g/mol. The van der Waals surface area contributed by atoms with Gasteiger partial charge in [-0.3, -0.25) is 4.79 Å². The van der Waals surface area contributed by atoms with E-state index in [0.717, 1.165) is 15.8 Å². The number of benzene rings is 1. The SMILES string of the molecule is O=C(CSc1nn(-c2ccccc2)c(=S)s1)NCc1ccco1. The molecule has 1 aromatic carbocycles. The van der Waals surface area contributed by atoms with Crippen LogP contribution in [-0.2, 0) is 11.3 Å². The Bertz CT molecular complexity index is 825. The van der Waals surface area contributed by atoms with Gasteiger partial charge < -0.3 is 9.73 Å². The second kappa shape index (κ2) is 7.58. The van der Waals surface area contributed by atoms with Crippen LogP contribution in [0.25, 0.3) is 5.69 Å². The molecule has 3 rings (SSSR count). The van der Waals surface area contributed by atoms with Crippen molar-refractivity contribution < 1.29 is 9.21 Å². The second-order valence-electron chi connectivity index (χ2n) is 4.53. The molecule has 5 nitrogen and oxygen atoms in total. The molecule has 0 aliphatic carbocycles. The molecule has 1 amide bonds. The van der Waals surface area contributed by atoms with E-state index in [0.29, 0.717) is 10.5 Å². The molecule has 1 N–H and O–H groups in total. The van der Waals surface area contributed by atoms with Crippen molar-refractivity contribution in [2.45, 2.75) is 10.9 Å². The summed E-state index contributed by atoms with van der Waals surface area (Å²) in [7, 11) is 0. The fourth-order valence-corrected chi connectivity index (χ4v) is 4.02. The Morgan fingerprint density at radius 2 is 2.13 bits per heavy atom. The van der Waals surface area contributed by atoms with Gasteiger partial charge in [-0.05, 0) is 36.5 Å². The van der Waals surface area contributed by atoms with Gasteiger partial charge in [0.25, 0.3) is 0 Å². The number of furan rings is 1. The van der Waals surface area contributed by atoms with Gasteiger partial charge in [0.15, 0.2) is 8.29 Å². The molecule has 0 spiro atoms. The van der Waals surface area contributed by atoms with Crippen LogP contribution in [0.3, 0.4) is 0 Å². The van der Waals surface area contributed by atoms with Gasteiger partial charge in [-0.25, -0.2) is 4.68 Å². The molecule has 8 heteroatoms. The lowest BCUT2D eigenvalue weighted by atomic mass is 10.3. The summed E-state index contributed by atoms with van der Waals surface area (Å²) >= 11 is 8.10. The molecule has 2 heterocycles. The zero-order chi connectivity index (χ0) is 16.1. The quantitative estimate of drug-likeness (QED) is 0.535. The number of hydrogen-bond acceptors (Lipinski definition) is 6. The largest absolute Gasteiger partial charge is 0.467 e. The van der Waals surface area contributed by atoms with Crippen LogP contribution in [0.2, 0.25) is 0 Å². The highest BCUT2D eigenvalue weighted by molar-refractivity contribution is 8.01. The lowest BCUT2D eigenvalue weighted by molar-refractivity contribution is -0.118. The summed E-state index contributed by atoms with van der Waals surface area (Å²) in [6, 6.07) is 13.3. The molecule has 3 aromatic rings. The van der Waals surface area contributed by atoms with Crippen molar-refractivity contribution in [2.24, 2.45) is 0 Å². The zero-order valence-corrected chi connectivity index (χ0v) is 14.4. The van der Waals surface area contributed by atoms with Gasteiger partial charge in [0.2, 0.25) is 5.91 Å². The minimum Gasteiger partial charge on any atom is -0.467 e. The first-order chi connectivity index (χ1) is 11.2. The summed E-state index contributed by atoms with van der Waals surface area (Å²) in [4.78, 5) is 11.8. The van der Waals surface area contributed by atoms with Gasteiger partial charge in [0.1, 0.15) is 5.76 Å². The summed E-state index contributed by atoms with van der Waals surface area (Å²) in [5.41, 5.74) is 0.919. The first kappa shape index (κ1) is 16.0. The van der Waals surface area contributed by atoms with Crippen LogP contribution in [0.1, 0.15) is 5.76 Å². The normalized spacial score (nSPS) is 10.6. The number of para-hydroxylation sites is 1. The first-order valence-corrected chi connectivity index (χ1v) is 9.01. The third-order valence-electron chi connectivity index (χ3n) is 2.90. The van der Waals surface area contributed by atoms with Crippen LogP contribution in [0.15, 0.2) is 57.5 Å².